The number of benzene rings is 1. The van der Waals surface area contributed by atoms with Crippen LogP contribution in [0.3, 0.4) is 0 Å². The Morgan fingerprint density at radius 3 is 2.43 bits per heavy atom. The lowest BCUT2D eigenvalue weighted by Gasteiger charge is -2.05. The summed E-state index contributed by atoms with van der Waals surface area (Å²) in [6.45, 7) is 0. The van der Waals surface area contributed by atoms with Crippen molar-refractivity contribution in [1.29, 1.82) is 0 Å². The van der Waals surface area contributed by atoms with E-state index in [-0.39, 0.29) is 10.0 Å². The van der Waals surface area contributed by atoms with Gasteiger partial charge in [0, 0.05) is 9.94 Å². The molecule has 0 atom stereocenters. The minimum atomic E-state index is -2.03. The van der Waals surface area contributed by atoms with E-state index >= 15 is 0 Å². The normalized spacial score (nSPS) is 10.0. The highest BCUT2D eigenvalue weighted by molar-refractivity contribution is 9.10. The number of aromatic carboxylic acids is 1. The zero-order valence-corrected chi connectivity index (χ0v) is 8.32. The standard InChI is InChI=1S/C7H5BBrFO4/c9-5-2-6(10)4(8(13)14)1-3(5)7(11)12/h1-2,13-14H,(H,11,12). The first-order valence-corrected chi connectivity index (χ1v) is 4.31. The van der Waals surface area contributed by atoms with Gasteiger partial charge in [-0.1, -0.05) is 0 Å². The van der Waals surface area contributed by atoms with Gasteiger partial charge in [0.05, 0.1) is 5.56 Å². The SMILES string of the molecule is O=C(O)c1cc(B(O)O)c(F)cc1Br. The molecule has 74 valence electrons. The van der Waals surface area contributed by atoms with Gasteiger partial charge in [-0.05, 0) is 28.1 Å². The van der Waals surface area contributed by atoms with Gasteiger partial charge in [-0.2, -0.15) is 0 Å². The molecule has 1 aromatic rings. The molecule has 14 heavy (non-hydrogen) atoms. The number of hydrogen-bond donors (Lipinski definition) is 3. The van der Waals surface area contributed by atoms with Crippen LogP contribution >= 0.6 is 15.9 Å². The fraction of sp³-hybridized carbons (Fsp3) is 0. The Labute approximate surface area is 87.3 Å². The molecular formula is C7H5BBrFO4. The first-order chi connectivity index (χ1) is 6.43. The molecule has 0 bridgehead atoms. The molecule has 0 heterocycles. The van der Waals surface area contributed by atoms with E-state index in [2.05, 4.69) is 15.9 Å². The summed E-state index contributed by atoms with van der Waals surface area (Å²) in [5, 5.41) is 26.1. The molecule has 3 N–H and O–H groups in total. The monoisotopic (exact) mass is 262 g/mol. The Morgan fingerprint density at radius 2 is 2.00 bits per heavy atom. The fourth-order valence-corrected chi connectivity index (χ4v) is 1.41. The van der Waals surface area contributed by atoms with Crippen molar-refractivity contribution in [3.05, 3.63) is 28.0 Å². The zero-order chi connectivity index (χ0) is 10.9. The van der Waals surface area contributed by atoms with Gasteiger partial charge in [-0.3, -0.25) is 0 Å². The van der Waals surface area contributed by atoms with E-state index < -0.39 is 24.4 Å². The second-order valence-electron chi connectivity index (χ2n) is 2.53. The summed E-state index contributed by atoms with van der Waals surface area (Å²) in [5.74, 6) is -2.16. The number of halogens is 2. The van der Waals surface area contributed by atoms with Crippen LogP contribution in [-0.4, -0.2) is 28.2 Å². The quantitative estimate of drug-likeness (QED) is 0.654. The molecule has 0 fully saturated rings. The number of carbonyl (C=O) groups is 1. The van der Waals surface area contributed by atoms with Gasteiger partial charge < -0.3 is 15.2 Å². The van der Waals surface area contributed by atoms with Crippen LogP contribution in [-0.2, 0) is 0 Å². The fourth-order valence-electron chi connectivity index (χ4n) is 0.927. The van der Waals surface area contributed by atoms with Crippen LogP contribution in [0.15, 0.2) is 16.6 Å². The predicted molar refractivity (Wildman–Crippen MR) is 50.9 cm³/mol. The molecule has 0 saturated heterocycles. The van der Waals surface area contributed by atoms with Crippen LogP contribution in [0.5, 0.6) is 0 Å². The third kappa shape index (κ3) is 2.12. The van der Waals surface area contributed by atoms with Gasteiger partial charge in [0.15, 0.2) is 0 Å². The third-order valence-corrected chi connectivity index (χ3v) is 2.25. The van der Waals surface area contributed by atoms with E-state index in [4.69, 9.17) is 15.2 Å². The minimum Gasteiger partial charge on any atom is -0.478 e. The highest BCUT2D eigenvalue weighted by Gasteiger charge is 2.20. The molecule has 0 aliphatic carbocycles. The van der Waals surface area contributed by atoms with Crippen molar-refractivity contribution in [3.8, 4) is 0 Å². The van der Waals surface area contributed by atoms with Crippen molar-refractivity contribution in [1.82, 2.24) is 0 Å². The number of rotatable bonds is 2. The van der Waals surface area contributed by atoms with Gasteiger partial charge in [0.2, 0.25) is 0 Å². The van der Waals surface area contributed by atoms with Crippen molar-refractivity contribution in [2.75, 3.05) is 0 Å². The van der Waals surface area contributed by atoms with Gasteiger partial charge in [-0.15, -0.1) is 0 Å². The van der Waals surface area contributed by atoms with Crippen molar-refractivity contribution in [2.24, 2.45) is 0 Å². The van der Waals surface area contributed by atoms with Gasteiger partial charge >= 0.3 is 13.1 Å². The third-order valence-electron chi connectivity index (χ3n) is 1.59. The molecule has 1 rings (SSSR count). The first-order valence-electron chi connectivity index (χ1n) is 3.52. The van der Waals surface area contributed by atoms with Crippen molar-refractivity contribution < 1.29 is 24.3 Å². The molecule has 0 radical (unpaired) electrons. The van der Waals surface area contributed by atoms with E-state index in [9.17, 15) is 9.18 Å². The van der Waals surface area contributed by atoms with Crippen molar-refractivity contribution >= 4 is 34.5 Å². The van der Waals surface area contributed by atoms with E-state index in [1.54, 1.807) is 0 Å². The van der Waals surface area contributed by atoms with Gasteiger partial charge in [-0.25, -0.2) is 9.18 Å². The van der Waals surface area contributed by atoms with Crippen LogP contribution in [0, 0.1) is 5.82 Å². The average Bonchev–Trinajstić information content (AvgIpc) is 2.02. The number of carboxylic acid groups (broad SMARTS) is 1. The first kappa shape index (κ1) is 11.2. The van der Waals surface area contributed by atoms with E-state index in [1.165, 1.54) is 0 Å². The van der Waals surface area contributed by atoms with Crippen LogP contribution < -0.4 is 5.46 Å². The summed E-state index contributed by atoms with van der Waals surface area (Å²) >= 11 is 2.85. The Morgan fingerprint density at radius 1 is 1.43 bits per heavy atom. The molecule has 0 aromatic heterocycles. The van der Waals surface area contributed by atoms with Gasteiger partial charge in [0.1, 0.15) is 5.82 Å². The Balaban J connectivity index is 3.34. The molecule has 0 aliphatic rings. The van der Waals surface area contributed by atoms with Crippen LogP contribution in [0.25, 0.3) is 0 Å². The smallest absolute Gasteiger partial charge is 0.478 e. The predicted octanol–water partition coefficient (Wildman–Crippen LogP) is -0.0338. The molecule has 0 aliphatic heterocycles. The largest absolute Gasteiger partial charge is 0.491 e. The highest BCUT2D eigenvalue weighted by Crippen LogP contribution is 2.16. The number of carboxylic acids is 1. The second kappa shape index (κ2) is 4.08. The lowest BCUT2D eigenvalue weighted by molar-refractivity contribution is 0.0696. The summed E-state index contributed by atoms with van der Waals surface area (Å²) in [5.41, 5.74) is -0.694. The second-order valence-corrected chi connectivity index (χ2v) is 3.39. The lowest BCUT2D eigenvalue weighted by Crippen LogP contribution is -2.33. The summed E-state index contributed by atoms with van der Waals surface area (Å²) < 4.78 is 13.0. The molecule has 1 aromatic carbocycles. The minimum absolute atomic E-state index is 0.0481. The summed E-state index contributed by atoms with van der Waals surface area (Å²) in [4.78, 5) is 10.6. The Bertz CT molecular complexity index is 382. The summed E-state index contributed by atoms with van der Waals surface area (Å²) in [6, 6.07) is 1.74. The van der Waals surface area contributed by atoms with E-state index in [0.29, 0.717) is 0 Å². The zero-order valence-electron chi connectivity index (χ0n) is 6.74. The van der Waals surface area contributed by atoms with Crippen LogP contribution in [0.4, 0.5) is 4.39 Å². The van der Waals surface area contributed by atoms with Gasteiger partial charge in [0.25, 0.3) is 0 Å². The maximum absolute atomic E-state index is 13.0. The molecule has 0 unspecified atom stereocenters. The maximum Gasteiger partial charge on any atom is 0.491 e. The van der Waals surface area contributed by atoms with Crippen LogP contribution in [0.2, 0.25) is 0 Å². The van der Waals surface area contributed by atoms with Crippen molar-refractivity contribution in [3.63, 3.8) is 0 Å². The van der Waals surface area contributed by atoms with Crippen LogP contribution in [0.1, 0.15) is 10.4 Å². The molecule has 7 heteroatoms. The van der Waals surface area contributed by atoms with Crippen molar-refractivity contribution in [2.45, 2.75) is 0 Å². The number of hydrogen-bond acceptors (Lipinski definition) is 3. The Hall–Kier alpha value is -0.915. The Kier molecular flexibility index (Phi) is 3.25. The molecule has 0 spiro atoms. The lowest BCUT2D eigenvalue weighted by atomic mass is 9.79. The topological polar surface area (TPSA) is 77.8 Å². The molecule has 0 saturated carbocycles. The molecule has 4 nitrogen and oxygen atoms in total. The highest BCUT2D eigenvalue weighted by atomic mass is 79.9. The molecule has 0 amide bonds. The van der Waals surface area contributed by atoms with E-state index in [1.807, 2.05) is 0 Å². The summed E-state index contributed by atoms with van der Waals surface area (Å²) in [7, 11) is -2.03. The molecular weight excluding hydrogens is 258 g/mol. The maximum atomic E-state index is 13.0. The van der Waals surface area contributed by atoms with E-state index in [0.717, 1.165) is 12.1 Å². The summed E-state index contributed by atoms with van der Waals surface area (Å²) in [6.07, 6.45) is 0. The average molecular weight is 263 g/mol.